The van der Waals surface area contributed by atoms with Crippen LogP contribution in [0.3, 0.4) is 0 Å². The lowest BCUT2D eigenvalue weighted by Gasteiger charge is -2.42. The maximum atomic E-state index is 5.58. The monoisotopic (exact) mass is 268 g/mol. The van der Waals surface area contributed by atoms with Crippen molar-refractivity contribution in [2.75, 3.05) is 39.4 Å². The van der Waals surface area contributed by atoms with E-state index in [1.54, 1.807) is 0 Å². The largest absolute Gasteiger partial charge is 0.379 e. The van der Waals surface area contributed by atoms with E-state index < -0.39 is 0 Å². The SMILES string of the molecule is CCNCC1(CN2CCOCC2C)CCCCCC1. The van der Waals surface area contributed by atoms with Gasteiger partial charge in [-0.2, -0.15) is 0 Å². The van der Waals surface area contributed by atoms with Gasteiger partial charge in [-0.05, 0) is 31.7 Å². The molecule has 0 aromatic carbocycles. The van der Waals surface area contributed by atoms with Gasteiger partial charge in [-0.15, -0.1) is 0 Å². The summed E-state index contributed by atoms with van der Waals surface area (Å²) >= 11 is 0. The van der Waals surface area contributed by atoms with Crippen molar-refractivity contribution in [3.63, 3.8) is 0 Å². The van der Waals surface area contributed by atoms with Crippen LogP contribution in [0, 0.1) is 5.41 Å². The van der Waals surface area contributed by atoms with Crippen LogP contribution in [0.4, 0.5) is 0 Å². The highest BCUT2D eigenvalue weighted by Crippen LogP contribution is 2.36. The van der Waals surface area contributed by atoms with Crippen molar-refractivity contribution in [3.05, 3.63) is 0 Å². The zero-order valence-corrected chi connectivity index (χ0v) is 12.9. The van der Waals surface area contributed by atoms with Crippen LogP contribution in [-0.2, 0) is 4.74 Å². The maximum Gasteiger partial charge on any atom is 0.0619 e. The van der Waals surface area contributed by atoms with Crippen molar-refractivity contribution in [1.82, 2.24) is 10.2 Å². The van der Waals surface area contributed by atoms with E-state index >= 15 is 0 Å². The summed E-state index contributed by atoms with van der Waals surface area (Å²) in [6.45, 7) is 11.1. The molecule has 1 unspecified atom stereocenters. The molecule has 1 N–H and O–H groups in total. The lowest BCUT2D eigenvalue weighted by molar-refractivity contribution is -0.0231. The van der Waals surface area contributed by atoms with Crippen LogP contribution in [0.25, 0.3) is 0 Å². The van der Waals surface area contributed by atoms with Crippen LogP contribution in [0.15, 0.2) is 0 Å². The van der Waals surface area contributed by atoms with Gasteiger partial charge in [-0.3, -0.25) is 4.90 Å². The zero-order chi connectivity index (χ0) is 13.6. The number of rotatable bonds is 5. The molecule has 112 valence electrons. The molecule has 2 rings (SSSR count). The van der Waals surface area contributed by atoms with Crippen LogP contribution >= 0.6 is 0 Å². The fraction of sp³-hybridized carbons (Fsp3) is 1.00. The molecule has 2 fully saturated rings. The van der Waals surface area contributed by atoms with Gasteiger partial charge in [0.25, 0.3) is 0 Å². The van der Waals surface area contributed by atoms with Gasteiger partial charge in [0.1, 0.15) is 0 Å². The predicted octanol–water partition coefficient (Wildman–Crippen LogP) is 2.66. The third-order valence-corrected chi connectivity index (χ3v) is 4.96. The van der Waals surface area contributed by atoms with E-state index in [2.05, 4.69) is 24.1 Å². The van der Waals surface area contributed by atoms with Crippen molar-refractivity contribution in [3.8, 4) is 0 Å². The van der Waals surface area contributed by atoms with Crippen LogP contribution in [0.5, 0.6) is 0 Å². The van der Waals surface area contributed by atoms with E-state index in [1.807, 2.05) is 0 Å². The molecule has 3 heteroatoms. The number of morpholine rings is 1. The van der Waals surface area contributed by atoms with Gasteiger partial charge < -0.3 is 10.1 Å². The van der Waals surface area contributed by atoms with Crippen molar-refractivity contribution in [2.45, 2.75) is 58.4 Å². The fourth-order valence-corrected chi connectivity index (χ4v) is 3.69. The molecule has 1 heterocycles. The third kappa shape index (κ3) is 4.44. The Balaban J connectivity index is 1.98. The Bertz CT molecular complexity index is 249. The van der Waals surface area contributed by atoms with Crippen molar-refractivity contribution < 1.29 is 4.74 Å². The van der Waals surface area contributed by atoms with Crippen molar-refractivity contribution in [1.29, 1.82) is 0 Å². The fourth-order valence-electron chi connectivity index (χ4n) is 3.69. The number of hydrogen-bond donors (Lipinski definition) is 1. The zero-order valence-electron chi connectivity index (χ0n) is 12.9. The van der Waals surface area contributed by atoms with Crippen molar-refractivity contribution in [2.24, 2.45) is 5.41 Å². The molecule has 0 aromatic rings. The minimum Gasteiger partial charge on any atom is -0.379 e. The van der Waals surface area contributed by atoms with Crippen LogP contribution in [0.2, 0.25) is 0 Å². The molecule has 0 amide bonds. The highest BCUT2D eigenvalue weighted by Gasteiger charge is 2.34. The Morgan fingerprint density at radius 1 is 1.21 bits per heavy atom. The van der Waals surface area contributed by atoms with Crippen molar-refractivity contribution >= 4 is 0 Å². The number of ether oxygens (including phenoxy) is 1. The van der Waals surface area contributed by atoms with Gasteiger partial charge in [0.15, 0.2) is 0 Å². The molecule has 0 spiro atoms. The average Bonchev–Trinajstić information content (AvgIpc) is 2.65. The molecule has 1 aliphatic heterocycles. The first kappa shape index (κ1) is 15.3. The molecule has 1 atom stereocenters. The Morgan fingerprint density at radius 3 is 2.58 bits per heavy atom. The van der Waals surface area contributed by atoms with Crippen LogP contribution in [0.1, 0.15) is 52.4 Å². The molecule has 19 heavy (non-hydrogen) atoms. The normalized spacial score (nSPS) is 29.1. The van der Waals surface area contributed by atoms with E-state index in [1.165, 1.54) is 51.6 Å². The van der Waals surface area contributed by atoms with E-state index in [4.69, 9.17) is 4.74 Å². The Kier molecular flexibility index (Phi) is 6.11. The summed E-state index contributed by atoms with van der Waals surface area (Å²) in [5.41, 5.74) is 0.512. The van der Waals surface area contributed by atoms with E-state index in [-0.39, 0.29) is 0 Å². The summed E-state index contributed by atoms with van der Waals surface area (Å²) < 4.78 is 5.58. The summed E-state index contributed by atoms with van der Waals surface area (Å²) in [5, 5.41) is 3.63. The number of nitrogens with one attached hydrogen (secondary N) is 1. The lowest BCUT2D eigenvalue weighted by atomic mass is 9.79. The first-order valence-corrected chi connectivity index (χ1v) is 8.28. The topological polar surface area (TPSA) is 24.5 Å². The van der Waals surface area contributed by atoms with Crippen LogP contribution < -0.4 is 5.32 Å². The summed E-state index contributed by atoms with van der Waals surface area (Å²) in [7, 11) is 0. The summed E-state index contributed by atoms with van der Waals surface area (Å²) in [6, 6.07) is 0.593. The molecule has 0 bridgehead atoms. The standard InChI is InChI=1S/C16H32N2O/c1-3-17-13-16(8-6-4-5-7-9-16)14-18-10-11-19-12-15(18)2/h15,17H,3-14H2,1-2H3. The number of nitrogens with zero attached hydrogens (tertiary/aromatic N) is 1. The minimum absolute atomic E-state index is 0.512. The highest BCUT2D eigenvalue weighted by atomic mass is 16.5. The molecular formula is C16H32N2O. The van der Waals surface area contributed by atoms with Gasteiger partial charge >= 0.3 is 0 Å². The molecule has 0 radical (unpaired) electrons. The maximum absolute atomic E-state index is 5.58. The first-order chi connectivity index (χ1) is 9.26. The first-order valence-electron chi connectivity index (χ1n) is 8.28. The summed E-state index contributed by atoms with van der Waals surface area (Å²) in [4.78, 5) is 2.67. The average molecular weight is 268 g/mol. The second-order valence-electron chi connectivity index (χ2n) is 6.59. The number of hydrogen-bond acceptors (Lipinski definition) is 3. The summed E-state index contributed by atoms with van der Waals surface area (Å²) in [5.74, 6) is 0. The second-order valence-corrected chi connectivity index (χ2v) is 6.59. The Morgan fingerprint density at radius 2 is 1.95 bits per heavy atom. The van der Waals surface area contributed by atoms with Gasteiger partial charge in [0.05, 0.1) is 13.2 Å². The van der Waals surface area contributed by atoms with Crippen LogP contribution in [-0.4, -0.2) is 50.3 Å². The van der Waals surface area contributed by atoms with Gasteiger partial charge in [0.2, 0.25) is 0 Å². The highest BCUT2D eigenvalue weighted by molar-refractivity contribution is 4.88. The van der Waals surface area contributed by atoms with E-state index in [9.17, 15) is 0 Å². The molecule has 1 saturated carbocycles. The van der Waals surface area contributed by atoms with E-state index in [0.717, 1.165) is 26.3 Å². The molecule has 1 saturated heterocycles. The molecule has 0 aromatic heterocycles. The minimum atomic E-state index is 0.512. The second kappa shape index (κ2) is 7.61. The quantitative estimate of drug-likeness (QED) is 0.776. The predicted molar refractivity (Wildman–Crippen MR) is 80.5 cm³/mol. The Hall–Kier alpha value is -0.120. The third-order valence-electron chi connectivity index (χ3n) is 4.96. The molecule has 2 aliphatic rings. The lowest BCUT2D eigenvalue weighted by Crippen LogP contribution is -2.51. The molecular weight excluding hydrogens is 236 g/mol. The Labute approximate surface area is 119 Å². The van der Waals surface area contributed by atoms with E-state index in [0.29, 0.717) is 11.5 Å². The van der Waals surface area contributed by atoms with Gasteiger partial charge in [0, 0.05) is 25.7 Å². The van der Waals surface area contributed by atoms with Gasteiger partial charge in [-0.25, -0.2) is 0 Å². The van der Waals surface area contributed by atoms with Gasteiger partial charge in [-0.1, -0.05) is 32.6 Å². The molecule has 1 aliphatic carbocycles. The smallest absolute Gasteiger partial charge is 0.0619 e. The summed E-state index contributed by atoms with van der Waals surface area (Å²) in [6.07, 6.45) is 8.53. The molecule has 3 nitrogen and oxygen atoms in total.